The van der Waals surface area contributed by atoms with Crippen molar-refractivity contribution in [3.05, 3.63) is 0 Å². The first kappa shape index (κ1) is 61.6. The summed E-state index contributed by atoms with van der Waals surface area (Å²) in [5.74, 6) is -0.0921. The molecule has 32 atom stereocenters. The highest BCUT2D eigenvalue weighted by atomic mass is 16.8. The summed E-state index contributed by atoms with van der Waals surface area (Å²) in [6.45, 7) is 11.8. The third-order valence-electron chi connectivity index (χ3n) is 21.9. The van der Waals surface area contributed by atoms with Crippen LogP contribution in [0.3, 0.4) is 0 Å². The van der Waals surface area contributed by atoms with Crippen molar-refractivity contribution in [1.82, 2.24) is 0 Å². The van der Waals surface area contributed by atoms with Gasteiger partial charge in [0.1, 0.15) is 97.7 Å². The summed E-state index contributed by atoms with van der Waals surface area (Å²) >= 11 is 0. The van der Waals surface area contributed by atoms with Crippen LogP contribution in [0.2, 0.25) is 0 Å². The Bertz CT molecular complexity index is 2020. The molecule has 4 heterocycles. The molecule has 2 spiro atoms. The van der Waals surface area contributed by atoms with E-state index >= 15 is 0 Å². The number of fused-ring (bicyclic) bond motifs is 2. The Morgan fingerprint density at radius 1 is 0.487 bits per heavy atom. The first-order chi connectivity index (χ1) is 36.6. The summed E-state index contributed by atoms with van der Waals surface area (Å²) in [5.41, 5.74) is -2.06. The standard InChI is InChI=1S/C54H92O24/c1-21(2)24(71-46-41(68)38(65)34(61)25(16-55)72-46)9-8-22(3)33-23(59)14-51(6)30-11-10-29-50(4,5)32(12-13-53(29)20-54(30,53)15-31(60)52(33,51)7)76-49-45(40(67)36(63)27(18-57)75-49)78-48-43(70)44(37(64)28(19-58)74-48)77-47-42(69)39(66)35(62)26(17-56)73-47/h21-49,55-70H,8-20H2,1-7H3/t22-,23+,24+,25-,26-,27-,28-,29+,30+,31+,32+,33+,34-,35-,36-,37-,38+,39+,40+,41-,42-,43-,44+,45-,46-,47+,48+,49+,51+,52-,53-,54+/m1/s1. The first-order valence-electron chi connectivity index (χ1n) is 28.5. The van der Waals surface area contributed by atoms with Crippen LogP contribution >= 0.6 is 0 Å². The molecule has 0 unspecified atom stereocenters. The molecule has 0 amide bonds. The number of rotatable bonds is 17. The number of aliphatic hydroxyl groups is 16. The number of aliphatic hydroxyl groups excluding tert-OH is 16. The van der Waals surface area contributed by atoms with Crippen molar-refractivity contribution in [3.63, 3.8) is 0 Å². The Kier molecular flexibility index (Phi) is 18.0. The zero-order valence-corrected chi connectivity index (χ0v) is 45.9. The molecule has 0 aromatic rings. The van der Waals surface area contributed by atoms with Gasteiger partial charge in [-0.05, 0) is 109 Å². The lowest BCUT2D eigenvalue weighted by Crippen LogP contribution is -2.67. The molecule has 24 heteroatoms. The third kappa shape index (κ3) is 9.78. The fourth-order valence-corrected chi connectivity index (χ4v) is 17.5. The maximum Gasteiger partial charge on any atom is 0.187 e. The van der Waals surface area contributed by atoms with Gasteiger partial charge < -0.3 is 120 Å². The van der Waals surface area contributed by atoms with Crippen LogP contribution in [0.1, 0.15) is 106 Å². The summed E-state index contributed by atoms with van der Waals surface area (Å²) in [6, 6.07) is 0. The number of hydrogen-bond donors (Lipinski definition) is 16. The molecule has 0 radical (unpaired) electrons. The molecule has 452 valence electrons. The van der Waals surface area contributed by atoms with Crippen LogP contribution < -0.4 is 0 Å². The molecule has 5 saturated carbocycles. The number of hydrogen-bond acceptors (Lipinski definition) is 24. The highest BCUT2D eigenvalue weighted by molar-refractivity contribution is 5.33. The SMILES string of the molecule is CC(C)[C@H](CC[C@@H](C)[C@H]1[C@@H](O)C[C@@]2(C)[C@@H]3CC[C@H]4C(C)(C)[C@@H](O[C@@H]5O[C@H](CO)[C@@H](O)[C@H](O)[C@H]5O[C@@H]5O[C@H](CO)[C@@H](O)[C@H](O[C@@H]6O[C@H](CO)[C@@H](O)[C@H](O)[C@H]6O)[C@H]5O)CC[C@@]45C[C@@]35C[C@H](O)[C@]12C)O[C@@H]1O[C@H](CO)[C@@H](O)[C@H](O)[C@H]1O. The van der Waals surface area contributed by atoms with Crippen LogP contribution in [0.15, 0.2) is 0 Å². The van der Waals surface area contributed by atoms with Gasteiger partial charge in [0, 0.05) is 5.41 Å². The molecule has 0 bridgehead atoms. The van der Waals surface area contributed by atoms with Crippen LogP contribution in [0.4, 0.5) is 0 Å². The van der Waals surface area contributed by atoms with Gasteiger partial charge in [0.05, 0.1) is 50.8 Å². The van der Waals surface area contributed by atoms with E-state index in [1.165, 1.54) is 0 Å². The molecule has 5 aliphatic carbocycles. The van der Waals surface area contributed by atoms with Crippen molar-refractivity contribution in [2.75, 3.05) is 26.4 Å². The smallest absolute Gasteiger partial charge is 0.187 e. The van der Waals surface area contributed by atoms with E-state index in [0.29, 0.717) is 32.1 Å². The van der Waals surface area contributed by atoms with Gasteiger partial charge in [-0.1, -0.05) is 48.5 Å². The minimum Gasteiger partial charge on any atom is -0.394 e. The molecule has 4 aliphatic heterocycles. The van der Waals surface area contributed by atoms with Gasteiger partial charge in [-0.2, -0.15) is 0 Å². The Labute approximate surface area is 455 Å². The topological polar surface area (TPSA) is 398 Å². The zero-order valence-electron chi connectivity index (χ0n) is 45.9. The van der Waals surface area contributed by atoms with E-state index in [9.17, 15) is 81.7 Å². The van der Waals surface area contributed by atoms with Gasteiger partial charge in [-0.15, -0.1) is 0 Å². The van der Waals surface area contributed by atoms with E-state index < -0.39 is 190 Å². The lowest BCUT2D eigenvalue weighted by atomic mass is 9.41. The normalized spacial score (nSPS) is 54.6. The predicted octanol–water partition coefficient (Wildman–Crippen LogP) is -3.54. The van der Waals surface area contributed by atoms with Crippen molar-refractivity contribution >= 4 is 0 Å². The van der Waals surface area contributed by atoms with Gasteiger partial charge in [-0.3, -0.25) is 0 Å². The summed E-state index contributed by atoms with van der Waals surface area (Å²) in [7, 11) is 0. The van der Waals surface area contributed by atoms with Gasteiger partial charge in [0.15, 0.2) is 25.2 Å². The molecule has 9 rings (SSSR count). The van der Waals surface area contributed by atoms with Crippen LogP contribution in [0, 0.1) is 56.7 Å². The second-order valence-electron chi connectivity index (χ2n) is 26.4. The Morgan fingerprint density at radius 3 is 1.56 bits per heavy atom. The van der Waals surface area contributed by atoms with Gasteiger partial charge in [0.25, 0.3) is 0 Å². The summed E-state index contributed by atoms with van der Waals surface area (Å²) in [6.07, 6.45) is -29.0. The minimum atomic E-state index is -1.97. The minimum absolute atomic E-state index is 0.0413. The molecule has 78 heavy (non-hydrogen) atoms. The van der Waals surface area contributed by atoms with Crippen LogP contribution in [0.25, 0.3) is 0 Å². The third-order valence-corrected chi connectivity index (χ3v) is 21.9. The average molecular weight is 1130 g/mol. The van der Waals surface area contributed by atoms with E-state index in [1.807, 2.05) is 13.8 Å². The van der Waals surface area contributed by atoms with E-state index in [0.717, 1.165) is 25.7 Å². The predicted molar refractivity (Wildman–Crippen MR) is 265 cm³/mol. The highest BCUT2D eigenvalue weighted by Crippen LogP contribution is 2.89. The van der Waals surface area contributed by atoms with Crippen LogP contribution in [0.5, 0.6) is 0 Å². The molecule has 0 aromatic heterocycles. The van der Waals surface area contributed by atoms with E-state index in [1.54, 1.807) is 0 Å². The Hall–Kier alpha value is -0.960. The molecule has 9 aliphatic rings. The second-order valence-corrected chi connectivity index (χ2v) is 26.4. The van der Waals surface area contributed by atoms with Crippen molar-refractivity contribution in [2.45, 2.75) is 253 Å². The largest absolute Gasteiger partial charge is 0.394 e. The van der Waals surface area contributed by atoms with E-state index in [-0.39, 0.29) is 40.4 Å². The Morgan fingerprint density at radius 2 is 0.987 bits per heavy atom. The second kappa shape index (κ2) is 22.8. The fourth-order valence-electron chi connectivity index (χ4n) is 17.5. The molecule has 4 saturated heterocycles. The van der Waals surface area contributed by atoms with Crippen molar-refractivity contribution in [3.8, 4) is 0 Å². The van der Waals surface area contributed by atoms with Crippen LogP contribution in [-0.2, 0) is 37.9 Å². The van der Waals surface area contributed by atoms with E-state index in [2.05, 4.69) is 34.6 Å². The van der Waals surface area contributed by atoms with Crippen molar-refractivity contribution in [1.29, 1.82) is 0 Å². The maximum atomic E-state index is 12.8. The van der Waals surface area contributed by atoms with Crippen LogP contribution in [-0.4, -0.2) is 255 Å². The quantitative estimate of drug-likeness (QED) is 0.0627. The zero-order chi connectivity index (χ0) is 57.1. The van der Waals surface area contributed by atoms with Gasteiger partial charge in [0.2, 0.25) is 0 Å². The lowest BCUT2D eigenvalue weighted by Gasteiger charge is -2.64. The highest BCUT2D eigenvalue weighted by Gasteiger charge is 2.84. The fraction of sp³-hybridized carbons (Fsp3) is 1.00. The maximum absolute atomic E-state index is 12.8. The molecule has 9 fully saturated rings. The average Bonchev–Trinajstić information content (AvgIpc) is 2.09. The van der Waals surface area contributed by atoms with Crippen molar-refractivity contribution in [2.24, 2.45) is 56.7 Å². The summed E-state index contributed by atoms with van der Waals surface area (Å²) in [5, 5.41) is 174. The number of ether oxygens (including phenoxy) is 8. The van der Waals surface area contributed by atoms with Crippen molar-refractivity contribution < 1.29 is 120 Å². The van der Waals surface area contributed by atoms with E-state index in [4.69, 9.17) is 37.9 Å². The summed E-state index contributed by atoms with van der Waals surface area (Å²) < 4.78 is 48.2. The summed E-state index contributed by atoms with van der Waals surface area (Å²) in [4.78, 5) is 0. The van der Waals surface area contributed by atoms with Gasteiger partial charge in [-0.25, -0.2) is 0 Å². The first-order valence-corrected chi connectivity index (χ1v) is 28.5. The molecule has 24 nitrogen and oxygen atoms in total. The monoisotopic (exact) mass is 1120 g/mol. The van der Waals surface area contributed by atoms with Gasteiger partial charge >= 0.3 is 0 Å². The molecular weight excluding hydrogens is 1030 g/mol. The molecule has 16 N–H and O–H groups in total. The Balaban J connectivity index is 0.893. The molecule has 0 aromatic carbocycles. The molecular formula is C54H92O24. The lowest BCUT2D eigenvalue weighted by molar-refractivity contribution is -0.391.